The summed E-state index contributed by atoms with van der Waals surface area (Å²) in [7, 11) is 0. The molecule has 2 aromatic rings. The summed E-state index contributed by atoms with van der Waals surface area (Å²) in [4.78, 5) is 7.86. The van der Waals surface area contributed by atoms with Crippen molar-refractivity contribution in [1.29, 1.82) is 0 Å². The SMILES string of the molecule is Fc1cnc(OCc2ccc(Cl)cc2)nc1NC1CC1. The number of rotatable bonds is 5. The Morgan fingerprint density at radius 1 is 1.30 bits per heavy atom. The second kappa shape index (κ2) is 5.63. The molecule has 4 nitrogen and oxygen atoms in total. The van der Waals surface area contributed by atoms with Crippen molar-refractivity contribution < 1.29 is 9.13 Å². The Labute approximate surface area is 121 Å². The van der Waals surface area contributed by atoms with E-state index in [-0.39, 0.29) is 11.8 Å². The molecule has 20 heavy (non-hydrogen) atoms. The fraction of sp³-hybridized carbons (Fsp3) is 0.286. The lowest BCUT2D eigenvalue weighted by molar-refractivity contribution is 0.280. The van der Waals surface area contributed by atoms with Gasteiger partial charge in [0.25, 0.3) is 0 Å². The van der Waals surface area contributed by atoms with Gasteiger partial charge < -0.3 is 10.1 Å². The molecular weight excluding hydrogens is 281 g/mol. The fourth-order valence-electron chi connectivity index (χ4n) is 1.67. The van der Waals surface area contributed by atoms with Gasteiger partial charge in [0.1, 0.15) is 6.61 Å². The second-order valence-electron chi connectivity index (χ2n) is 4.68. The van der Waals surface area contributed by atoms with Gasteiger partial charge in [0.2, 0.25) is 0 Å². The van der Waals surface area contributed by atoms with Crippen LogP contribution in [-0.2, 0) is 6.61 Å². The van der Waals surface area contributed by atoms with Crippen LogP contribution in [0.2, 0.25) is 5.02 Å². The van der Waals surface area contributed by atoms with Crippen LogP contribution in [0.1, 0.15) is 18.4 Å². The van der Waals surface area contributed by atoms with Gasteiger partial charge in [-0.1, -0.05) is 23.7 Å². The van der Waals surface area contributed by atoms with Crippen LogP contribution < -0.4 is 10.1 Å². The number of ether oxygens (including phenoxy) is 1. The maximum Gasteiger partial charge on any atom is 0.318 e. The molecule has 0 amide bonds. The topological polar surface area (TPSA) is 47.0 Å². The van der Waals surface area contributed by atoms with E-state index >= 15 is 0 Å². The fourth-order valence-corrected chi connectivity index (χ4v) is 1.80. The summed E-state index contributed by atoms with van der Waals surface area (Å²) in [6.45, 7) is 0.311. The van der Waals surface area contributed by atoms with E-state index in [9.17, 15) is 4.39 Å². The Morgan fingerprint density at radius 3 is 2.75 bits per heavy atom. The molecule has 3 rings (SSSR count). The lowest BCUT2D eigenvalue weighted by Crippen LogP contribution is -2.08. The third-order valence-electron chi connectivity index (χ3n) is 2.92. The highest BCUT2D eigenvalue weighted by molar-refractivity contribution is 6.30. The molecule has 0 spiro atoms. The molecule has 1 heterocycles. The largest absolute Gasteiger partial charge is 0.459 e. The van der Waals surface area contributed by atoms with Crippen molar-refractivity contribution in [3.05, 3.63) is 46.9 Å². The highest BCUT2D eigenvalue weighted by atomic mass is 35.5. The molecule has 1 aromatic heterocycles. The molecule has 104 valence electrons. The molecule has 1 N–H and O–H groups in total. The first-order valence-corrected chi connectivity index (χ1v) is 6.75. The number of anilines is 1. The van der Waals surface area contributed by atoms with Crippen molar-refractivity contribution in [3.63, 3.8) is 0 Å². The number of nitrogens with zero attached hydrogens (tertiary/aromatic N) is 2. The summed E-state index contributed by atoms with van der Waals surface area (Å²) in [5.41, 5.74) is 0.944. The summed E-state index contributed by atoms with van der Waals surface area (Å²) in [5, 5.41) is 3.68. The van der Waals surface area contributed by atoms with Gasteiger partial charge in [-0.3, -0.25) is 0 Å². The highest BCUT2D eigenvalue weighted by Crippen LogP contribution is 2.25. The molecule has 1 saturated carbocycles. The van der Waals surface area contributed by atoms with Gasteiger partial charge in [-0.2, -0.15) is 4.98 Å². The van der Waals surface area contributed by atoms with Gasteiger partial charge >= 0.3 is 6.01 Å². The van der Waals surface area contributed by atoms with Crippen LogP contribution in [0, 0.1) is 5.82 Å². The number of aromatic nitrogens is 2. The summed E-state index contributed by atoms with van der Waals surface area (Å²) >= 11 is 5.81. The van der Waals surface area contributed by atoms with E-state index in [0.717, 1.165) is 24.6 Å². The minimum atomic E-state index is -0.462. The van der Waals surface area contributed by atoms with Gasteiger partial charge in [-0.25, -0.2) is 9.37 Å². The van der Waals surface area contributed by atoms with Crippen LogP contribution in [0.3, 0.4) is 0 Å². The Balaban J connectivity index is 1.65. The summed E-state index contributed by atoms with van der Waals surface area (Å²) < 4.78 is 19.0. The minimum Gasteiger partial charge on any atom is -0.459 e. The van der Waals surface area contributed by atoms with Gasteiger partial charge in [0.05, 0.1) is 6.20 Å². The molecule has 0 atom stereocenters. The number of hydrogen-bond donors (Lipinski definition) is 1. The molecule has 6 heteroatoms. The number of benzene rings is 1. The lowest BCUT2D eigenvalue weighted by atomic mass is 10.2. The predicted molar refractivity (Wildman–Crippen MR) is 74.4 cm³/mol. The third kappa shape index (κ3) is 3.36. The summed E-state index contributed by atoms with van der Waals surface area (Å²) in [5.74, 6) is -0.260. The molecule has 0 radical (unpaired) electrons. The van der Waals surface area contributed by atoms with Crippen LogP contribution in [0.5, 0.6) is 6.01 Å². The van der Waals surface area contributed by atoms with E-state index < -0.39 is 5.82 Å². The van der Waals surface area contributed by atoms with Crippen molar-refractivity contribution in [2.45, 2.75) is 25.5 Å². The number of hydrogen-bond acceptors (Lipinski definition) is 4. The van der Waals surface area contributed by atoms with E-state index in [1.165, 1.54) is 0 Å². The quantitative estimate of drug-likeness (QED) is 0.917. The first-order chi connectivity index (χ1) is 9.70. The van der Waals surface area contributed by atoms with Crippen LogP contribution in [0.15, 0.2) is 30.5 Å². The van der Waals surface area contributed by atoms with Crippen molar-refractivity contribution in [1.82, 2.24) is 9.97 Å². The summed E-state index contributed by atoms with van der Waals surface area (Å²) in [6.07, 6.45) is 3.21. The smallest absolute Gasteiger partial charge is 0.318 e. The Bertz CT molecular complexity index is 602. The molecule has 1 fully saturated rings. The second-order valence-corrected chi connectivity index (χ2v) is 5.12. The highest BCUT2D eigenvalue weighted by Gasteiger charge is 2.23. The van der Waals surface area contributed by atoms with Gasteiger partial charge in [-0.05, 0) is 30.5 Å². The zero-order valence-electron chi connectivity index (χ0n) is 10.6. The van der Waals surface area contributed by atoms with E-state index in [1.807, 2.05) is 12.1 Å². The average molecular weight is 294 g/mol. The van der Waals surface area contributed by atoms with Gasteiger partial charge in [0, 0.05) is 11.1 Å². The molecule has 0 saturated heterocycles. The van der Waals surface area contributed by atoms with Crippen LogP contribution in [0.4, 0.5) is 10.2 Å². The predicted octanol–water partition coefficient (Wildman–Crippen LogP) is 3.42. The van der Waals surface area contributed by atoms with E-state index in [4.69, 9.17) is 16.3 Å². The standard InChI is InChI=1S/C14H13ClFN3O/c15-10-3-1-9(2-4-10)8-20-14-17-7-12(16)13(19-14)18-11-5-6-11/h1-4,7,11H,5-6,8H2,(H,17,18,19). The average Bonchev–Trinajstić information content (AvgIpc) is 3.25. The van der Waals surface area contributed by atoms with Crippen LogP contribution in [0.25, 0.3) is 0 Å². The molecule has 1 aliphatic carbocycles. The Hall–Kier alpha value is -1.88. The van der Waals surface area contributed by atoms with E-state index in [2.05, 4.69) is 15.3 Å². The van der Waals surface area contributed by atoms with Crippen molar-refractivity contribution in [3.8, 4) is 6.01 Å². The molecule has 0 aliphatic heterocycles. The van der Waals surface area contributed by atoms with Crippen LogP contribution >= 0.6 is 11.6 Å². The first kappa shape index (κ1) is 13.1. The Kier molecular flexibility index (Phi) is 3.69. The third-order valence-corrected chi connectivity index (χ3v) is 3.17. The lowest BCUT2D eigenvalue weighted by Gasteiger charge is -2.08. The maximum atomic E-state index is 13.5. The van der Waals surface area contributed by atoms with E-state index in [0.29, 0.717) is 17.7 Å². The van der Waals surface area contributed by atoms with Gasteiger partial charge in [-0.15, -0.1) is 0 Å². The molecular formula is C14H13ClFN3O. The number of halogens is 2. The normalized spacial score (nSPS) is 14.1. The number of nitrogens with one attached hydrogen (secondary N) is 1. The summed E-state index contributed by atoms with van der Waals surface area (Å²) in [6, 6.07) is 7.76. The zero-order valence-corrected chi connectivity index (χ0v) is 11.4. The van der Waals surface area contributed by atoms with Gasteiger partial charge in [0.15, 0.2) is 11.6 Å². The molecule has 0 unspecified atom stereocenters. The van der Waals surface area contributed by atoms with Crippen LogP contribution in [-0.4, -0.2) is 16.0 Å². The monoisotopic (exact) mass is 293 g/mol. The van der Waals surface area contributed by atoms with Crippen molar-refractivity contribution in [2.75, 3.05) is 5.32 Å². The van der Waals surface area contributed by atoms with Crippen molar-refractivity contribution in [2.24, 2.45) is 0 Å². The maximum absolute atomic E-state index is 13.5. The molecule has 1 aromatic carbocycles. The Morgan fingerprint density at radius 2 is 2.05 bits per heavy atom. The van der Waals surface area contributed by atoms with E-state index in [1.54, 1.807) is 12.1 Å². The first-order valence-electron chi connectivity index (χ1n) is 6.37. The molecule has 1 aliphatic rings. The molecule has 0 bridgehead atoms. The van der Waals surface area contributed by atoms with Crippen molar-refractivity contribution >= 4 is 17.4 Å². The minimum absolute atomic E-state index is 0.157. The zero-order chi connectivity index (χ0) is 13.9.